The van der Waals surface area contributed by atoms with Crippen molar-refractivity contribution < 1.29 is 14.2 Å². The van der Waals surface area contributed by atoms with E-state index in [4.69, 9.17) is 4.74 Å². The summed E-state index contributed by atoms with van der Waals surface area (Å²) in [7, 11) is 1.74. The highest BCUT2D eigenvalue weighted by molar-refractivity contribution is 14.0. The van der Waals surface area contributed by atoms with Crippen molar-refractivity contribution in [1.82, 2.24) is 15.5 Å². The molecule has 0 aromatic heterocycles. The molecule has 1 fully saturated rings. The number of ether oxygens (including phenoxy) is 1. The number of aliphatic imine (C=N–C) groups is 1. The third-order valence-corrected chi connectivity index (χ3v) is 4.78. The zero-order chi connectivity index (χ0) is 19.5. The van der Waals surface area contributed by atoms with Crippen LogP contribution in [0.3, 0.4) is 0 Å². The van der Waals surface area contributed by atoms with E-state index in [1.807, 2.05) is 6.92 Å². The van der Waals surface area contributed by atoms with Gasteiger partial charge in [0.15, 0.2) is 5.96 Å². The minimum atomic E-state index is -0.954. The molecule has 3 N–H and O–H groups in total. The number of hydrogen-bond acceptors (Lipinski definition) is 4. The van der Waals surface area contributed by atoms with Gasteiger partial charge in [0.1, 0.15) is 11.9 Å². The SMILES string of the molecule is CCNC(=NCC(O)c1ccccc1F)NC1CCN(CCCOC)CC1.I. The Kier molecular flexibility index (Phi) is 12.6. The number of nitrogens with one attached hydrogen (secondary N) is 2. The van der Waals surface area contributed by atoms with Crippen LogP contribution in [0.25, 0.3) is 0 Å². The second-order valence-electron chi connectivity index (χ2n) is 6.86. The van der Waals surface area contributed by atoms with E-state index >= 15 is 0 Å². The maximum absolute atomic E-state index is 13.8. The van der Waals surface area contributed by atoms with E-state index in [-0.39, 0.29) is 36.1 Å². The number of piperidine rings is 1. The van der Waals surface area contributed by atoms with Gasteiger partial charge in [0.2, 0.25) is 0 Å². The quantitative estimate of drug-likeness (QED) is 0.207. The molecule has 6 nitrogen and oxygen atoms in total. The Balaban J connectivity index is 0.00000392. The van der Waals surface area contributed by atoms with Gasteiger partial charge in [-0.3, -0.25) is 4.99 Å². The summed E-state index contributed by atoms with van der Waals surface area (Å²) in [5.41, 5.74) is 0.279. The molecule has 160 valence electrons. The summed E-state index contributed by atoms with van der Waals surface area (Å²) in [4.78, 5) is 6.91. The molecule has 1 aliphatic rings. The van der Waals surface area contributed by atoms with Crippen LogP contribution < -0.4 is 10.6 Å². The fourth-order valence-corrected chi connectivity index (χ4v) is 3.27. The van der Waals surface area contributed by atoms with Gasteiger partial charge in [0.05, 0.1) is 6.54 Å². The van der Waals surface area contributed by atoms with Crippen molar-refractivity contribution in [3.8, 4) is 0 Å². The van der Waals surface area contributed by atoms with E-state index in [0.717, 1.165) is 52.0 Å². The topological polar surface area (TPSA) is 69.1 Å². The third kappa shape index (κ3) is 8.59. The average Bonchev–Trinajstić information content (AvgIpc) is 2.68. The first-order valence-corrected chi connectivity index (χ1v) is 9.82. The predicted octanol–water partition coefficient (Wildman–Crippen LogP) is 2.53. The maximum Gasteiger partial charge on any atom is 0.191 e. The van der Waals surface area contributed by atoms with Crippen LogP contribution in [0.15, 0.2) is 29.3 Å². The molecule has 0 radical (unpaired) electrons. The smallest absolute Gasteiger partial charge is 0.191 e. The van der Waals surface area contributed by atoms with Crippen molar-refractivity contribution in [2.75, 3.05) is 46.4 Å². The molecule has 1 atom stereocenters. The molecular weight excluding hydrogens is 474 g/mol. The van der Waals surface area contributed by atoms with E-state index in [1.165, 1.54) is 6.07 Å². The zero-order valence-electron chi connectivity index (χ0n) is 16.9. The van der Waals surface area contributed by atoms with Crippen LogP contribution in [0.1, 0.15) is 37.9 Å². The molecule has 1 aromatic rings. The molecule has 0 bridgehead atoms. The van der Waals surface area contributed by atoms with Crippen LogP contribution in [0.5, 0.6) is 0 Å². The van der Waals surface area contributed by atoms with Gasteiger partial charge in [-0.1, -0.05) is 18.2 Å². The zero-order valence-corrected chi connectivity index (χ0v) is 19.2. The number of aliphatic hydroxyl groups excluding tert-OH is 1. The number of halogens is 2. The summed E-state index contributed by atoms with van der Waals surface area (Å²) in [5.74, 6) is 0.268. The molecule has 1 unspecified atom stereocenters. The summed E-state index contributed by atoms with van der Waals surface area (Å²) in [6.45, 7) is 6.84. The number of aliphatic hydroxyl groups is 1. The molecule has 1 saturated heterocycles. The number of guanidine groups is 1. The number of hydrogen-bond donors (Lipinski definition) is 3. The Labute approximate surface area is 185 Å². The number of rotatable bonds is 9. The van der Waals surface area contributed by atoms with Crippen molar-refractivity contribution in [3.05, 3.63) is 35.6 Å². The van der Waals surface area contributed by atoms with Crippen molar-refractivity contribution in [2.24, 2.45) is 4.99 Å². The molecular formula is C20H34FIN4O2. The van der Waals surface area contributed by atoms with Crippen LogP contribution >= 0.6 is 24.0 Å². The van der Waals surface area contributed by atoms with E-state index in [2.05, 4.69) is 20.5 Å². The highest BCUT2D eigenvalue weighted by Crippen LogP contribution is 2.17. The van der Waals surface area contributed by atoms with Crippen LogP contribution in [0.4, 0.5) is 4.39 Å². The van der Waals surface area contributed by atoms with Gasteiger partial charge in [-0.05, 0) is 32.3 Å². The Morgan fingerprint density at radius 2 is 2.07 bits per heavy atom. The van der Waals surface area contributed by atoms with Gasteiger partial charge >= 0.3 is 0 Å². The molecule has 0 aliphatic carbocycles. The van der Waals surface area contributed by atoms with Gasteiger partial charge in [0.25, 0.3) is 0 Å². The third-order valence-electron chi connectivity index (χ3n) is 4.78. The number of benzene rings is 1. The Bertz CT molecular complexity index is 583. The normalized spacial score (nSPS) is 17.1. The molecule has 0 amide bonds. The lowest BCUT2D eigenvalue weighted by atomic mass is 10.1. The largest absolute Gasteiger partial charge is 0.386 e. The minimum absolute atomic E-state index is 0. The summed E-state index contributed by atoms with van der Waals surface area (Å²) >= 11 is 0. The van der Waals surface area contributed by atoms with Gasteiger partial charge in [-0.25, -0.2) is 4.39 Å². The van der Waals surface area contributed by atoms with E-state index in [1.54, 1.807) is 25.3 Å². The lowest BCUT2D eigenvalue weighted by Gasteiger charge is -2.33. The average molecular weight is 508 g/mol. The van der Waals surface area contributed by atoms with Gasteiger partial charge in [-0.2, -0.15) is 0 Å². The highest BCUT2D eigenvalue weighted by Gasteiger charge is 2.20. The maximum atomic E-state index is 13.8. The van der Waals surface area contributed by atoms with Crippen molar-refractivity contribution in [3.63, 3.8) is 0 Å². The predicted molar refractivity (Wildman–Crippen MR) is 122 cm³/mol. The Morgan fingerprint density at radius 3 is 2.71 bits per heavy atom. The lowest BCUT2D eigenvalue weighted by Crippen LogP contribution is -2.49. The van der Waals surface area contributed by atoms with Gasteiger partial charge in [-0.15, -0.1) is 24.0 Å². The summed E-state index contributed by atoms with van der Waals surface area (Å²) in [5, 5.41) is 16.9. The Morgan fingerprint density at radius 1 is 1.36 bits per heavy atom. The number of methoxy groups -OCH3 is 1. The number of likely N-dealkylation sites (tertiary alicyclic amines) is 1. The molecule has 28 heavy (non-hydrogen) atoms. The van der Waals surface area contributed by atoms with E-state index in [9.17, 15) is 9.50 Å². The summed E-state index contributed by atoms with van der Waals surface area (Å²) in [6, 6.07) is 6.63. The monoisotopic (exact) mass is 508 g/mol. The van der Waals surface area contributed by atoms with Gasteiger partial charge < -0.3 is 25.4 Å². The van der Waals surface area contributed by atoms with Crippen molar-refractivity contribution in [2.45, 2.75) is 38.3 Å². The van der Waals surface area contributed by atoms with Crippen molar-refractivity contribution >= 4 is 29.9 Å². The number of nitrogens with zero attached hydrogens (tertiary/aromatic N) is 2. The first-order valence-electron chi connectivity index (χ1n) is 9.82. The lowest BCUT2D eigenvalue weighted by molar-refractivity contribution is 0.155. The Hall–Kier alpha value is -0.970. The summed E-state index contributed by atoms with van der Waals surface area (Å²) < 4.78 is 18.9. The highest BCUT2D eigenvalue weighted by atomic mass is 127. The van der Waals surface area contributed by atoms with E-state index < -0.39 is 11.9 Å². The molecule has 1 aliphatic heterocycles. The van der Waals surface area contributed by atoms with Gasteiger partial charge in [0, 0.05) is 51.5 Å². The molecule has 2 rings (SSSR count). The van der Waals surface area contributed by atoms with Crippen LogP contribution in [0.2, 0.25) is 0 Å². The molecule has 1 heterocycles. The minimum Gasteiger partial charge on any atom is -0.386 e. The summed E-state index contributed by atoms with van der Waals surface area (Å²) in [6.07, 6.45) is 2.21. The van der Waals surface area contributed by atoms with Crippen LogP contribution in [0, 0.1) is 5.82 Å². The first-order chi connectivity index (χ1) is 13.1. The van der Waals surface area contributed by atoms with Crippen LogP contribution in [-0.2, 0) is 4.74 Å². The second kappa shape index (κ2) is 14.1. The van der Waals surface area contributed by atoms with E-state index in [0.29, 0.717) is 12.0 Å². The molecule has 1 aromatic carbocycles. The fourth-order valence-electron chi connectivity index (χ4n) is 3.27. The molecule has 0 spiro atoms. The van der Waals surface area contributed by atoms with Crippen LogP contribution in [-0.4, -0.2) is 68.4 Å². The molecule has 8 heteroatoms. The van der Waals surface area contributed by atoms with Crippen molar-refractivity contribution in [1.29, 1.82) is 0 Å². The second-order valence-corrected chi connectivity index (χ2v) is 6.86. The first kappa shape index (κ1) is 25.1. The molecule has 0 saturated carbocycles. The standard InChI is InChI=1S/C20H33FN4O2.HI/c1-3-22-20(23-15-19(26)17-7-4-5-8-18(17)21)24-16-9-12-25(13-10-16)11-6-14-27-2;/h4-5,7-8,16,19,26H,3,6,9-15H2,1-2H3,(H2,22,23,24);1H. The fraction of sp³-hybridized carbons (Fsp3) is 0.650.